The van der Waals surface area contributed by atoms with Crippen molar-refractivity contribution < 1.29 is 13.2 Å². The molecule has 1 heterocycles. The number of amides is 1. The van der Waals surface area contributed by atoms with Crippen LogP contribution in [0, 0.1) is 0 Å². The van der Waals surface area contributed by atoms with Crippen molar-refractivity contribution in [3.8, 4) is 0 Å². The van der Waals surface area contributed by atoms with Crippen molar-refractivity contribution in [1.82, 2.24) is 9.62 Å². The number of carbonyl (C=O) groups is 1. The Morgan fingerprint density at radius 1 is 0.833 bits per heavy atom. The van der Waals surface area contributed by atoms with Crippen LogP contribution < -0.4 is 5.32 Å². The van der Waals surface area contributed by atoms with E-state index in [9.17, 15) is 13.2 Å². The van der Waals surface area contributed by atoms with E-state index < -0.39 is 16.1 Å². The van der Waals surface area contributed by atoms with Crippen molar-refractivity contribution in [2.75, 3.05) is 13.1 Å². The van der Waals surface area contributed by atoms with Gasteiger partial charge in [-0.15, -0.1) is 0 Å². The fourth-order valence-electron chi connectivity index (χ4n) is 3.56. The molecule has 4 rings (SSSR count). The van der Waals surface area contributed by atoms with Gasteiger partial charge in [0.05, 0.1) is 10.9 Å². The molecule has 5 nitrogen and oxygen atoms in total. The molecule has 0 spiro atoms. The summed E-state index contributed by atoms with van der Waals surface area (Å²) in [5, 5.41) is 3.02. The number of sulfonamides is 1. The number of rotatable bonds is 5. The SMILES string of the molecule is O=C(NC1CN(S(=O)(=O)c2ccccc2)CC=C1c1ccccc1)c1ccccc1. The van der Waals surface area contributed by atoms with Crippen LogP contribution in [-0.2, 0) is 10.0 Å². The summed E-state index contributed by atoms with van der Waals surface area (Å²) in [6, 6.07) is 26.6. The van der Waals surface area contributed by atoms with Crippen molar-refractivity contribution in [2.45, 2.75) is 10.9 Å². The van der Waals surface area contributed by atoms with E-state index >= 15 is 0 Å². The highest BCUT2D eigenvalue weighted by atomic mass is 32.2. The third-order valence-corrected chi connectivity index (χ3v) is 6.95. The molecule has 0 bridgehead atoms. The van der Waals surface area contributed by atoms with Crippen LogP contribution in [0.2, 0.25) is 0 Å². The summed E-state index contributed by atoms with van der Waals surface area (Å²) < 4.78 is 27.6. The number of nitrogens with zero attached hydrogens (tertiary/aromatic N) is 1. The first-order valence-electron chi connectivity index (χ1n) is 9.72. The Kier molecular flexibility index (Phi) is 5.79. The Labute approximate surface area is 176 Å². The maximum absolute atomic E-state index is 13.1. The van der Waals surface area contributed by atoms with Gasteiger partial charge in [-0.1, -0.05) is 72.8 Å². The second-order valence-corrected chi connectivity index (χ2v) is 8.99. The lowest BCUT2D eigenvalue weighted by Crippen LogP contribution is -2.49. The minimum absolute atomic E-state index is 0.163. The van der Waals surface area contributed by atoms with Crippen molar-refractivity contribution >= 4 is 21.5 Å². The molecular formula is C24H22N2O3S. The highest BCUT2D eigenvalue weighted by Crippen LogP contribution is 2.26. The van der Waals surface area contributed by atoms with Crippen LogP contribution in [0.15, 0.2) is 102 Å². The van der Waals surface area contributed by atoms with Crippen LogP contribution >= 0.6 is 0 Å². The van der Waals surface area contributed by atoms with Crippen molar-refractivity contribution in [2.24, 2.45) is 0 Å². The summed E-state index contributed by atoms with van der Waals surface area (Å²) >= 11 is 0. The number of hydrogen-bond donors (Lipinski definition) is 1. The van der Waals surface area contributed by atoms with Gasteiger partial charge in [0.1, 0.15) is 0 Å². The lowest BCUT2D eigenvalue weighted by atomic mass is 9.95. The normalized spacial score (nSPS) is 17.2. The maximum atomic E-state index is 13.1. The molecular weight excluding hydrogens is 396 g/mol. The van der Waals surface area contributed by atoms with Gasteiger partial charge in [0.2, 0.25) is 10.0 Å². The second kappa shape index (κ2) is 8.65. The van der Waals surface area contributed by atoms with Gasteiger partial charge in [-0.25, -0.2) is 8.42 Å². The van der Waals surface area contributed by atoms with E-state index in [-0.39, 0.29) is 23.9 Å². The predicted octanol–water partition coefficient (Wildman–Crippen LogP) is 3.57. The Morgan fingerprint density at radius 3 is 2.03 bits per heavy atom. The van der Waals surface area contributed by atoms with Gasteiger partial charge in [0, 0.05) is 18.7 Å². The Bertz CT molecular complexity index is 1140. The molecule has 30 heavy (non-hydrogen) atoms. The van der Waals surface area contributed by atoms with Gasteiger partial charge >= 0.3 is 0 Å². The van der Waals surface area contributed by atoms with Crippen LogP contribution in [-0.4, -0.2) is 37.8 Å². The molecule has 1 atom stereocenters. The molecule has 0 saturated carbocycles. The van der Waals surface area contributed by atoms with E-state index in [2.05, 4.69) is 5.32 Å². The fraction of sp³-hybridized carbons (Fsp3) is 0.125. The molecule has 0 aromatic heterocycles. The largest absolute Gasteiger partial charge is 0.344 e. The summed E-state index contributed by atoms with van der Waals surface area (Å²) in [7, 11) is -3.66. The number of hydrogen-bond acceptors (Lipinski definition) is 3. The highest BCUT2D eigenvalue weighted by molar-refractivity contribution is 7.89. The summed E-state index contributed by atoms with van der Waals surface area (Å²) in [4.78, 5) is 13.1. The van der Waals surface area contributed by atoms with E-state index in [4.69, 9.17) is 0 Å². The van der Waals surface area contributed by atoms with Gasteiger partial charge < -0.3 is 5.32 Å². The minimum Gasteiger partial charge on any atom is -0.344 e. The molecule has 1 N–H and O–H groups in total. The minimum atomic E-state index is -3.66. The lowest BCUT2D eigenvalue weighted by Gasteiger charge is -2.33. The smallest absolute Gasteiger partial charge is 0.251 e. The van der Waals surface area contributed by atoms with E-state index in [1.54, 1.807) is 54.6 Å². The molecule has 1 amide bonds. The zero-order valence-corrected chi connectivity index (χ0v) is 17.1. The highest BCUT2D eigenvalue weighted by Gasteiger charge is 2.32. The standard InChI is InChI=1S/C24H22N2O3S/c27-24(20-12-6-2-7-13-20)25-23-18-26(30(28,29)21-14-8-3-9-15-21)17-16-22(23)19-10-4-1-5-11-19/h1-16,23H,17-18H2,(H,25,27). The van der Waals surface area contributed by atoms with Crippen molar-refractivity contribution in [1.29, 1.82) is 0 Å². The van der Waals surface area contributed by atoms with E-state index in [1.807, 2.05) is 42.5 Å². The fourth-order valence-corrected chi connectivity index (χ4v) is 4.98. The third kappa shape index (κ3) is 4.20. The molecule has 0 saturated heterocycles. The van der Waals surface area contributed by atoms with Crippen LogP contribution in [0.4, 0.5) is 0 Å². The van der Waals surface area contributed by atoms with Crippen molar-refractivity contribution in [3.63, 3.8) is 0 Å². The summed E-state index contributed by atoms with van der Waals surface area (Å²) in [6.45, 7) is 0.412. The maximum Gasteiger partial charge on any atom is 0.251 e. The van der Waals surface area contributed by atoms with Crippen molar-refractivity contribution in [3.05, 3.63) is 108 Å². The Balaban J connectivity index is 1.66. The van der Waals surface area contributed by atoms with Crippen LogP contribution in [0.25, 0.3) is 5.57 Å². The molecule has 0 aliphatic carbocycles. The lowest BCUT2D eigenvalue weighted by molar-refractivity contribution is 0.0941. The van der Waals surface area contributed by atoms with Crippen LogP contribution in [0.5, 0.6) is 0 Å². The van der Waals surface area contributed by atoms with Crippen LogP contribution in [0.1, 0.15) is 15.9 Å². The van der Waals surface area contributed by atoms with Crippen LogP contribution in [0.3, 0.4) is 0 Å². The predicted molar refractivity (Wildman–Crippen MR) is 117 cm³/mol. The molecule has 6 heteroatoms. The Morgan fingerprint density at radius 2 is 1.40 bits per heavy atom. The first-order valence-corrected chi connectivity index (χ1v) is 11.2. The summed E-state index contributed by atoms with van der Waals surface area (Å²) in [5.41, 5.74) is 2.42. The molecule has 3 aromatic carbocycles. The number of nitrogens with one attached hydrogen (secondary N) is 1. The molecule has 0 radical (unpaired) electrons. The number of carbonyl (C=O) groups excluding carboxylic acids is 1. The molecule has 1 unspecified atom stereocenters. The average molecular weight is 419 g/mol. The molecule has 152 valence electrons. The third-order valence-electron chi connectivity index (χ3n) is 5.11. The second-order valence-electron chi connectivity index (χ2n) is 7.05. The first-order chi connectivity index (χ1) is 14.6. The summed E-state index contributed by atoms with van der Waals surface area (Å²) in [6.07, 6.45) is 1.88. The molecule has 1 aliphatic heterocycles. The molecule has 3 aromatic rings. The van der Waals surface area contributed by atoms with E-state index in [0.29, 0.717) is 5.56 Å². The molecule has 0 fully saturated rings. The Hall–Kier alpha value is -3.22. The van der Waals surface area contributed by atoms with Gasteiger partial charge in [-0.05, 0) is 35.4 Å². The van der Waals surface area contributed by atoms with E-state index in [1.165, 1.54) is 4.31 Å². The summed E-state index contributed by atoms with van der Waals surface area (Å²) in [5.74, 6) is -0.235. The topological polar surface area (TPSA) is 66.5 Å². The monoisotopic (exact) mass is 418 g/mol. The zero-order valence-electron chi connectivity index (χ0n) is 16.3. The molecule has 1 aliphatic rings. The average Bonchev–Trinajstić information content (AvgIpc) is 2.81. The number of benzene rings is 3. The van der Waals surface area contributed by atoms with Gasteiger partial charge in [-0.3, -0.25) is 4.79 Å². The van der Waals surface area contributed by atoms with Gasteiger partial charge in [-0.2, -0.15) is 4.31 Å². The van der Waals surface area contributed by atoms with E-state index in [0.717, 1.165) is 11.1 Å². The zero-order chi connectivity index (χ0) is 21.0. The first kappa shape index (κ1) is 20.1. The van der Waals surface area contributed by atoms with Gasteiger partial charge in [0.15, 0.2) is 0 Å². The van der Waals surface area contributed by atoms with Gasteiger partial charge in [0.25, 0.3) is 5.91 Å². The quantitative estimate of drug-likeness (QED) is 0.689.